The largest absolute Gasteiger partial charge is 0.482 e. The average Bonchev–Trinajstić information content (AvgIpc) is 2.67. The Balaban J connectivity index is 1.69. The summed E-state index contributed by atoms with van der Waals surface area (Å²) in [5.41, 5.74) is 2.54. The van der Waals surface area contributed by atoms with Crippen LogP contribution in [0.1, 0.15) is 52.0 Å². The molecule has 0 aliphatic carbocycles. The van der Waals surface area contributed by atoms with Gasteiger partial charge in [0.25, 0.3) is 0 Å². The molecule has 0 bridgehead atoms. The van der Waals surface area contributed by atoms with Gasteiger partial charge in [0, 0.05) is 0 Å². The van der Waals surface area contributed by atoms with E-state index < -0.39 is 5.60 Å². The van der Waals surface area contributed by atoms with Gasteiger partial charge in [-0.1, -0.05) is 35.4 Å². The van der Waals surface area contributed by atoms with Crippen molar-refractivity contribution in [2.75, 3.05) is 6.61 Å². The zero-order valence-corrected chi connectivity index (χ0v) is 16.8. The molecule has 4 heteroatoms. The van der Waals surface area contributed by atoms with E-state index in [9.17, 15) is 4.79 Å². The van der Waals surface area contributed by atoms with E-state index in [1.54, 1.807) is 6.07 Å². The van der Waals surface area contributed by atoms with Crippen LogP contribution in [0.3, 0.4) is 0 Å². The lowest BCUT2D eigenvalue weighted by Gasteiger charge is -2.31. The Morgan fingerprint density at radius 1 is 1.14 bits per heavy atom. The maximum Gasteiger partial charge on any atom is 0.347 e. The second kappa shape index (κ2) is 8.61. The van der Waals surface area contributed by atoms with E-state index in [0.29, 0.717) is 16.9 Å². The van der Waals surface area contributed by atoms with E-state index in [1.165, 1.54) is 5.57 Å². The molecule has 1 atom stereocenters. The summed E-state index contributed by atoms with van der Waals surface area (Å²) in [5.74, 6) is 0.613. The summed E-state index contributed by atoms with van der Waals surface area (Å²) in [6.07, 6.45) is 11.8. The standard InChI is InChI=1S/C24H28O4/c1-17(8-6-9-18(2)16-25)10-7-14-24(3)15-13-20-22(28-24)19-11-4-5-12-21(19)27-23(20)26/h4-5,9-13,15,25H,6-8,14,16H2,1-3H3/b17-10+,18-9-/t24-/m1/s1. The van der Waals surface area contributed by atoms with Crippen LogP contribution in [0.4, 0.5) is 0 Å². The highest BCUT2D eigenvalue weighted by Gasteiger charge is 2.29. The molecule has 1 aliphatic heterocycles. The molecular weight excluding hydrogens is 352 g/mol. The number of fused-ring (bicyclic) bond motifs is 3. The van der Waals surface area contributed by atoms with Gasteiger partial charge >= 0.3 is 5.63 Å². The predicted octanol–water partition coefficient (Wildman–Crippen LogP) is 5.40. The first-order valence-corrected chi connectivity index (χ1v) is 9.78. The number of para-hydroxylation sites is 1. The monoisotopic (exact) mass is 380 g/mol. The Bertz CT molecular complexity index is 993. The lowest BCUT2D eigenvalue weighted by molar-refractivity contribution is 0.130. The van der Waals surface area contributed by atoms with Crippen LogP contribution in [0.15, 0.2) is 62.9 Å². The molecule has 4 nitrogen and oxygen atoms in total. The zero-order valence-electron chi connectivity index (χ0n) is 16.8. The molecule has 0 spiro atoms. The normalized spacial score (nSPS) is 19.6. The molecule has 0 unspecified atom stereocenters. The van der Waals surface area contributed by atoms with E-state index in [2.05, 4.69) is 19.1 Å². The number of aliphatic hydroxyl groups excluding tert-OH is 1. The van der Waals surface area contributed by atoms with E-state index in [4.69, 9.17) is 14.3 Å². The van der Waals surface area contributed by atoms with E-state index >= 15 is 0 Å². The minimum Gasteiger partial charge on any atom is -0.482 e. The Labute approximate surface area is 165 Å². The maximum absolute atomic E-state index is 12.2. The molecule has 1 aromatic carbocycles. The summed E-state index contributed by atoms with van der Waals surface area (Å²) in [5, 5.41) is 9.86. The van der Waals surface area contributed by atoms with Gasteiger partial charge in [0.2, 0.25) is 0 Å². The molecule has 2 aromatic rings. The van der Waals surface area contributed by atoms with Gasteiger partial charge in [-0.25, -0.2) is 4.79 Å². The Morgan fingerprint density at radius 2 is 1.89 bits per heavy atom. The molecule has 1 N–H and O–H groups in total. The summed E-state index contributed by atoms with van der Waals surface area (Å²) in [7, 11) is 0. The van der Waals surface area contributed by atoms with Gasteiger partial charge in [-0.3, -0.25) is 0 Å². The highest BCUT2D eigenvalue weighted by Crippen LogP contribution is 2.37. The third-order valence-corrected chi connectivity index (χ3v) is 5.15. The van der Waals surface area contributed by atoms with Crippen molar-refractivity contribution in [3.05, 3.63) is 69.6 Å². The first-order chi connectivity index (χ1) is 13.4. The van der Waals surface area contributed by atoms with E-state index in [-0.39, 0.29) is 12.2 Å². The summed E-state index contributed by atoms with van der Waals surface area (Å²) in [6, 6.07) is 7.47. The number of rotatable bonds is 7. The molecule has 0 saturated carbocycles. The molecule has 28 heavy (non-hydrogen) atoms. The molecule has 0 radical (unpaired) electrons. The van der Waals surface area contributed by atoms with Crippen LogP contribution in [0, 0.1) is 0 Å². The van der Waals surface area contributed by atoms with Crippen molar-refractivity contribution in [1.82, 2.24) is 0 Å². The Morgan fingerprint density at radius 3 is 2.68 bits per heavy atom. The summed E-state index contributed by atoms with van der Waals surface area (Å²) in [6.45, 7) is 6.25. The van der Waals surface area contributed by atoms with E-state index in [1.807, 2.05) is 44.2 Å². The van der Waals surface area contributed by atoms with Gasteiger partial charge in [0.05, 0.1) is 12.0 Å². The summed E-state index contributed by atoms with van der Waals surface area (Å²) >= 11 is 0. The third-order valence-electron chi connectivity index (χ3n) is 5.15. The fourth-order valence-corrected chi connectivity index (χ4v) is 3.37. The van der Waals surface area contributed by atoms with Gasteiger partial charge in [-0.15, -0.1) is 0 Å². The highest BCUT2D eigenvalue weighted by atomic mass is 16.5. The average molecular weight is 380 g/mol. The first-order valence-electron chi connectivity index (χ1n) is 9.78. The zero-order chi connectivity index (χ0) is 20.1. The first kappa shape index (κ1) is 20.2. The molecule has 148 valence electrons. The maximum atomic E-state index is 12.2. The number of hydrogen-bond acceptors (Lipinski definition) is 4. The fraction of sp³-hybridized carbons (Fsp3) is 0.375. The highest BCUT2D eigenvalue weighted by molar-refractivity contribution is 5.87. The van der Waals surface area contributed by atoms with Gasteiger partial charge in [0.15, 0.2) is 0 Å². The minimum absolute atomic E-state index is 0.124. The number of ether oxygens (including phenoxy) is 1. The quantitative estimate of drug-likeness (QED) is 0.516. The van der Waals surface area contributed by atoms with Crippen LogP contribution < -0.4 is 10.4 Å². The van der Waals surface area contributed by atoms with Crippen LogP contribution in [-0.2, 0) is 0 Å². The van der Waals surface area contributed by atoms with Gasteiger partial charge in [-0.05, 0) is 70.7 Å². The van der Waals surface area contributed by atoms with Crippen LogP contribution in [0.25, 0.3) is 17.0 Å². The lowest BCUT2D eigenvalue weighted by atomic mass is 9.94. The molecule has 1 aromatic heterocycles. The lowest BCUT2D eigenvalue weighted by Crippen LogP contribution is -2.33. The van der Waals surface area contributed by atoms with Crippen molar-refractivity contribution in [3.63, 3.8) is 0 Å². The van der Waals surface area contributed by atoms with Crippen molar-refractivity contribution >= 4 is 17.0 Å². The van der Waals surface area contributed by atoms with Crippen molar-refractivity contribution in [2.24, 2.45) is 0 Å². The van der Waals surface area contributed by atoms with Gasteiger partial charge in [0.1, 0.15) is 22.5 Å². The van der Waals surface area contributed by atoms with Crippen LogP contribution in [0.2, 0.25) is 0 Å². The number of benzene rings is 1. The SMILES string of the molecule is C/C(=C/CC/C(C)=C/CC[C@]1(C)C=Cc2c(c3ccccc3oc2=O)O1)CO. The second-order valence-electron chi connectivity index (χ2n) is 7.71. The minimum atomic E-state index is -0.465. The Kier molecular flexibility index (Phi) is 6.20. The molecular formula is C24H28O4. The summed E-state index contributed by atoms with van der Waals surface area (Å²) < 4.78 is 11.7. The Hall–Kier alpha value is -2.59. The number of allylic oxidation sites excluding steroid dienone is 3. The van der Waals surface area contributed by atoms with Crippen molar-refractivity contribution in [1.29, 1.82) is 0 Å². The molecule has 0 fully saturated rings. The van der Waals surface area contributed by atoms with Crippen molar-refractivity contribution in [2.45, 2.75) is 52.1 Å². The van der Waals surface area contributed by atoms with E-state index in [0.717, 1.165) is 36.6 Å². The molecule has 3 rings (SSSR count). The topological polar surface area (TPSA) is 59.7 Å². The van der Waals surface area contributed by atoms with Gasteiger partial charge < -0.3 is 14.3 Å². The molecule has 0 amide bonds. The van der Waals surface area contributed by atoms with Crippen molar-refractivity contribution < 1.29 is 14.3 Å². The molecule has 2 heterocycles. The number of aliphatic hydroxyl groups is 1. The second-order valence-corrected chi connectivity index (χ2v) is 7.71. The smallest absolute Gasteiger partial charge is 0.347 e. The van der Waals surface area contributed by atoms with Gasteiger partial charge in [-0.2, -0.15) is 0 Å². The molecule has 0 saturated heterocycles. The van der Waals surface area contributed by atoms with Crippen LogP contribution >= 0.6 is 0 Å². The third kappa shape index (κ3) is 4.63. The van der Waals surface area contributed by atoms with Crippen LogP contribution in [0.5, 0.6) is 5.75 Å². The molecule has 1 aliphatic rings. The van der Waals surface area contributed by atoms with Crippen molar-refractivity contribution in [3.8, 4) is 5.75 Å². The number of hydrogen-bond donors (Lipinski definition) is 1. The summed E-state index contributed by atoms with van der Waals surface area (Å²) in [4.78, 5) is 12.2. The predicted molar refractivity (Wildman–Crippen MR) is 114 cm³/mol. The fourth-order valence-electron chi connectivity index (χ4n) is 3.37. The van der Waals surface area contributed by atoms with Crippen LogP contribution in [-0.4, -0.2) is 17.3 Å².